The Morgan fingerprint density at radius 3 is 2.21 bits per heavy atom. The highest BCUT2D eigenvalue weighted by Crippen LogP contribution is 2.35. The van der Waals surface area contributed by atoms with E-state index in [4.69, 9.17) is 35.6 Å². The summed E-state index contributed by atoms with van der Waals surface area (Å²) in [5.74, 6) is -0.538. The first-order chi connectivity index (χ1) is 15.8. The first kappa shape index (κ1) is 30.5. The lowest BCUT2D eigenvalue weighted by molar-refractivity contribution is -0.757. The smallest absolute Gasteiger partial charge is 0.362 e. The van der Waals surface area contributed by atoms with E-state index in [1.165, 1.54) is 0 Å². The molecule has 0 radical (unpaired) electrons. The fourth-order valence-electron chi connectivity index (χ4n) is 2.27. The second-order valence-electron chi connectivity index (χ2n) is 6.39. The van der Waals surface area contributed by atoms with Crippen LogP contribution >= 0.6 is 7.60 Å². The molecular formula is C18H26N3O12P. The molecule has 2 aromatic carbocycles. The third-order valence-electron chi connectivity index (χ3n) is 3.85. The first-order valence-corrected chi connectivity index (χ1v) is 11.2. The third-order valence-corrected chi connectivity index (χ3v) is 4.31. The van der Waals surface area contributed by atoms with Gasteiger partial charge in [0, 0.05) is 0 Å². The largest absolute Gasteiger partial charge is 0.497 e. The van der Waals surface area contributed by atoms with Crippen LogP contribution in [0.1, 0.15) is 24.8 Å². The molecule has 0 aromatic heterocycles. The quantitative estimate of drug-likeness (QED) is 0.125. The van der Waals surface area contributed by atoms with E-state index in [0.717, 1.165) is 16.5 Å². The summed E-state index contributed by atoms with van der Waals surface area (Å²) in [6, 6.07) is 11.1. The minimum absolute atomic E-state index is 0.101. The number of carbonyl (C=O) groups excluding carboxylic acids is 1. The molecule has 2 aromatic rings. The predicted octanol–water partition coefficient (Wildman–Crippen LogP) is 1.83. The Kier molecular flexibility index (Phi) is 13.8. The molecule has 5 N–H and O–H groups in total. The van der Waals surface area contributed by atoms with E-state index in [2.05, 4.69) is 9.57 Å². The van der Waals surface area contributed by atoms with Crippen molar-refractivity contribution >= 4 is 24.3 Å². The van der Waals surface area contributed by atoms with Crippen LogP contribution in [0.5, 0.6) is 5.75 Å². The van der Waals surface area contributed by atoms with Crippen LogP contribution in [0, 0.1) is 20.2 Å². The van der Waals surface area contributed by atoms with Crippen molar-refractivity contribution in [1.29, 1.82) is 0 Å². The number of carbonyl (C=O) groups is 1. The number of nitrogens with two attached hydrogens (primary N) is 1. The lowest BCUT2D eigenvalue weighted by Crippen LogP contribution is -2.14. The highest BCUT2D eigenvalue weighted by Gasteiger charge is 2.21. The molecule has 0 saturated heterocycles. The zero-order chi connectivity index (χ0) is 26.3. The van der Waals surface area contributed by atoms with E-state index < -0.39 is 36.0 Å². The van der Waals surface area contributed by atoms with Crippen LogP contribution in [0.3, 0.4) is 0 Å². The molecule has 190 valence electrons. The molecule has 0 unspecified atom stereocenters. The summed E-state index contributed by atoms with van der Waals surface area (Å²) in [5, 5.41) is 24.1. The average Bonchev–Trinajstić information content (AvgIpc) is 2.75. The van der Waals surface area contributed by atoms with E-state index in [0.29, 0.717) is 18.5 Å². The van der Waals surface area contributed by atoms with Crippen LogP contribution < -0.4 is 10.5 Å². The Bertz CT molecular complexity index is 993. The fourth-order valence-corrected chi connectivity index (χ4v) is 2.57. The van der Waals surface area contributed by atoms with Gasteiger partial charge < -0.3 is 35.0 Å². The van der Waals surface area contributed by atoms with E-state index in [1.54, 1.807) is 20.1 Å². The van der Waals surface area contributed by atoms with Crippen LogP contribution in [0.15, 0.2) is 36.4 Å². The van der Waals surface area contributed by atoms with Crippen molar-refractivity contribution in [1.82, 2.24) is 0 Å². The van der Waals surface area contributed by atoms with Crippen molar-refractivity contribution in [2.24, 2.45) is 5.73 Å². The number of esters is 1. The third kappa shape index (κ3) is 13.8. The van der Waals surface area contributed by atoms with Gasteiger partial charge in [-0.25, -0.2) is 0 Å². The molecule has 15 nitrogen and oxygen atoms in total. The molecule has 0 bridgehead atoms. The average molecular weight is 507 g/mol. The van der Waals surface area contributed by atoms with Gasteiger partial charge in [0.2, 0.25) is 0 Å². The number of ether oxygens (including phenoxy) is 2. The molecule has 0 fully saturated rings. The van der Waals surface area contributed by atoms with E-state index in [9.17, 15) is 19.5 Å². The van der Waals surface area contributed by atoms with Crippen LogP contribution in [0.2, 0.25) is 0 Å². The summed E-state index contributed by atoms with van der Waals surface area (Å²) in [7, 11) is -2.76. The van der Waals surface area contributed by atoms with Gasteiger partial charge in [0.05, 0.1) is 19.6 Å². The molecule has 0 aliphatic heterocycles. The summed E-state index contributed by atoms with van der Waals surface area (Å²) in [6.45, 7) is 2.16. The van der Waals surface area contributed by atoms with Crippen LogP contribution in [-0.2, 0) is 18.9 Å². The van der Waals surface area contributed by atoms with Gasteiger partial charge in [0.1, 0.15) is 5.75 Å². The number of rotatable bonds is 9. The molecule has 0 heterocycles. The topological polar surface area (TPSA) is 235 Å². The van der Waals surface area contributed by atoms with Crippen molar-refractivity contribution < 1.29 is 48.8 Å². The van der Waals surface area contributed by atoms with Gasteiger partial charge in [0.25, 0.3) is 10.2 Å². The highest BCUT2D eigenvalue weighted by atomic mass is 31.2. The van der Waals surface area contributed by atoms with Gasteiger partial charge in [-0.3, -0.25) is 9.36 Å². The predicted molar refractivity (Wildman–Crippen MR) is 117 cm³/mol. The maximum absolute atomic E-state index is 11.8. The second kappa shape index (κ2) is 15.3. The fraction of sp³-hybridized carbons (Fsp3) is 0.389. The molecule has 0 spiro atoms. The maximum atomic E-state index is 11.8. The van der Waals surface area contributed by atoms with Crippen molar-refractivity contribution in [3.63, 3.8) is 0 Å². The SMILES string of the molecule is COc1ccc2cc([C@H](C)C(=O)OCP(=O)(O)O)ccc2c1.NCCCO[N+](=O)[O-].O=[N+]([O-])O. The summed E-state index contributed by atoms with van der Waals surface area (Å²) in [4.78, 5) is 51.0. The van der Waals surface area contributed by atoms with Gasteiger partial charge in [-0.2, -0.15) is 0 Å². The van der Waals surface area contributed by atoms with E-state index >= 15 is 0 Å². The van der Waals surface area contributed by atoms with Crippen molar-refractivity contribution in [2.45, 2.75) is 19.3 Å². The number of methoxy groups -OCH3 is 1. The minimum Gasteiger partial charge on any atom is -0.497 e. The molecular weight excluding hydrogens is 481 g/mol. The minimum atomic E-state index is -4.36. The number of hydrogen-bond acceptors (Lipinski definition) is 10. The zero-order valence-electron chi connectivity index (χ0n) is 18.3. The molecule has 1 atom stereocenters. The lowest BCUT2D eigenvalue weighted by atomic mass is 9.98. The van der Waals surface area contributed by atoms with Crippen molar-refractivity contribution in [3.8, 4) is 5.75 Å². The Labute approximate surface area is 193 Å². The normalized spacial score (nSPS) is 11.1. The summed E-state index contributed by atoms with van der Waals surface area (Å²) in [6.07, 6.45) is -0.373. The lowest BCUT2D eigenvalue weighted by Gasteiger charge is -2.13. The van der Waals surface area contributed by atoms with Gasteiger partial charge in [0.15, 0.2) is 6.35 Å². The molecule has 2 rings (SSSR count). The van der Waals surface area contributed by atoms with Gasteiger partial charge >= 0.3 is 13.6 Å². The maximum Gasteiger partial charge on any atom is 0.362 e. The Morgan fingerprint density at radius 1 is 1.15 bits per heavy atom. The molecule has 0 aliphatic carbocycles. The Balaban J connectivity index is 0.000000754. The van der Waals surface area contributed by atoms with Crippen LogP contribution in [0.25, 0.3) is 10.8 Å². The summed E-state index contributed by atoms with van der Waals surface area (Å²) >= 11 is 0. The standard InChI is InChI=1S/C15H17O6P.C3H8N2O3.HNO3/c1-10(15(16)21-9-22(17,18)19)11-3-4-13-8-14(20-2)6-5-12(13)7-11;4-2-1-3-8-5(6)7;2-1(3)4/h3-8,10H,9H2,1-2H3,(H2,17,18,19);1-4H2;(H,2,3,4)/t10-;;/m0../s1. The van der Waals surface area contributed by atoms with Gasteiger partial charge in [-0.15, -0.1) is 20.2 Å². The summed E-state index contributed by atoms with van der Waals surface area (Å²) < 4.78 is 20.5. The van der Waals surface area contributed by atoms with Crippen molar-refractivity contribution in [2.75, 3.05) is 26.6 Å². The monoisotopic (exact) mass is 507 g/mol. The number of nitrogens with zero attached hydrogens (tertiary/aromatic N) is 2. The first-order valence-electron chi connectivity index (χ1n) is 9.40. The zero-order valence-corrected chi connectivity index (χ0v) is 19.2. The number of benzene rings is 2. The molecule has 0 amide bonds. The Hall–Kier alpha value is -3.52. The molecule has 0 saturated carbocycles. The molecule has 34 heavy (non-hydrogen) atoms. The molecule has 16 heteroatoms. The highest BCUT2D eigenvalue weighted by molar-refractivity contribution is 7.51. The second-order valence-corrected chi connectivity index (χ2v) is 7.98. The Morgan fingerprint density at radius 2 is 1.71 bits per heavy atom. The van der Waals surface area contributed by atoms with Crippen molar-refractivity contribution in [3.05, 3.63) is 62.2 Å². The summed E-state index contributed by atoms with van der Waals surface area (Å²) in [5.41, 5.74) is 5.73. The van der Waals surface area contributed by atoms with E-state index in [-0.39, 0.29) is 6.61 Å². The number of hydrogen-bond donors (Lipinski definition) is 4. The molecule has 0 aliphatic rings. The van der Waals surface area contributed by atoms with Gasteiger partial charge in [-0.1, -0.05) is 24.3 Å². The van der Waals surface area contributed by atoms with Gasteiger partial charge in [-0.05, 0) is 48.4 Å². The van der Waals surface area contributed by atoms with Crippen LogP contribution in [-0.4, -0.2) is 57.7 Å². The van der Waals surface area contributed by atoms with Crippen LogP contribution in [0.4, 0.5) is 0 Å². The van der Waals surface area contributed by atoms with E-state index in [1.807, 2.05) is 30.3 Å². The number of fused-ring (bicyclic) bond motifs is 1.